The van der Waals surface area contributed by atoms with Gasteiger partial charge in [-0.25, -0.2) is 0 Å². The monoisotopic (exact) mass is 208 g/mol. The highest BCUT2D eigenvalue weighted by Crippen LogP contribution is 2.24. The Morgan fingerprint density at radius 1 is 1.40 bits per heavy atom. The van der Waals surface area contributed by atoms with Crippen molar-refractivity contribution in [1.82, 2.24) is 0 Å². The summed E-state index contributed by atoms with van der Waals surface area (Å²) >= 11 is 0. The van der Waals surface area contributed by atoms with Gasteiger partial charge in [-0.15, -0.1) is 0 Å². The topological polar surface area (TPSA) is 46.5 Å². The average molecular weight is 208 g/mol. The fraction of sp³-hybridized carbons (Fsp3) is 0.417. The molecule has 0 radical (unpaired) electrons. The first-order valence-corrected chi connectivity index (χ1v) is 4.92. The van der Waals surface area contributed by atoms with Crippen LogP contribution in [0.25, 0.3) is 0 Å². The van der Waals surface area contributed by atoms with Crippen molar-refractivity contribution >= 4 is 6.29 Å². The van der Waals surface area contributed by atoms with E-state index in [-0.39, 0.29) is 6.61 Å². The number of hydrogen-bond donors (Lipinski definition) is 1. The lowest BCUT2D eigenvalue weighted by Gasteiger charge is -2.13. The summed E-state index contributed by atoms with van der Waals surface area (Å²) in [6.45, 7) is 5.71. The van der Waals surface area contributed by atoms with Crippen molar-refractivity contribution in [3.05, 3.63) is 28.8 Å². The lowest BCUT2D eigenvalue weighted by atomic mass is 10.1. The molecule has 1 aromatic rings. The molecule has 1 aromatic carbocycles. The van der Waals surface area contributed by atoms with Gasteiger partial charge in [0.05, 0.1) is 6.10 Å². The Labute approximate surface area is 89.7 Å². The minimum Gasteiger partial charge on any atom is -0.490 e. The van der Waals surface area contributed by atoms with Gasteiger partial charge in [-0.1, -0.05) is 0 Å². The van der Waals surface area contributed by atoms with E-state index in [1.807, 2.05) is 13.8 Å². The highest BCUT2D eigenvalue weighted by atomic mass is 16.5. The summed E-state index contributed by atoms with van der Waals surface area (Å²) in [5, 5.41) is 9.12. The first-order valence-electron chi connectivity index (χ1n) is 4.92. The van der Waals surface area contributed by atoms with E-state index in [1.54, 1.807) is 19.1 Å². The van der Waals surface area contributed by atoms with Crippen molar-refractivity contribution in [1.29, 1.82) is 0 Å². The molecular formula is C12H16O3. The zero-order chi connectivity index (χ0) is 11.4. The number of ether oxygens (including phenoxy) is 1. The van der Waals surface area contributed by atoms with E-state index in [0.29, 0.717) is 5.56 Å². The Bertz CT molecular complexity index is 333. The first-order chi connectivity index (χ1) is 7.04. The second kappa shape index (κ2) is 4.94. The van der Waals surface area contributed by atoms with Crippen molar-refractivity contribution in [3.8, 4) is 5.75 Å². The van der Waals surface area contributed by atoms with Gasteiger partial charge in [0.15, 0.2) is 0 Å². The van der Waals surface area contributed by atoms with Crippen LogP contribution >= 0.6 is 0 Å². The van der Waals surface area contributed by atoms with E-state index >= 15 is 0 Å². The Balaban J connectivity index is 2.93. The highest BCUT2D eigenvalue weighted by molar-refractivity contribution is 5.76. The van der Waals surface area contributed by atoms with Crippen molar-refractivity contribution < 1.29 is 14.6 Å². The van der Waals surface area contributed by atoms with E-state index in [4.69, 9.17) is 9.84 Å². The Hall–Kier alpha value is -1.35. The summed E-state index contributed by atoms with van der Waals surface area (Å²) in [4.78, 5) is 10.6. The maximum absolute atomic E-state index is 10.6. The molecule has 0 aliphatic rings. The number of aldehydes is 1. The van der Waals surface area contributed by atoms with Gasteiger partial charge in [-0.05, 0) is 44.0 Å². The Kier molecular flexibility index (Phi) is 3.86. The van der Waals surface area contributed by atoms with Crippen molar-refractivity contribution in [3.63, 3.8) is 0 Å². The molecule has 0 aliphatic carbocycles. The molecule has 3 nitrogen and oxygen atoms in total. The van der Waals surface area contributed by atoms with Crippen LogP contribution in [0.4, 0.5) is 0 Å². The number of benzene rings is 1. The summed E-state index contributed by atoms with van der Waals surface area (Å²) in [6.07, 6.45) is 0.327. The molecule has 15 heavy (non-hydrogen) atoms. The van der Waals surface area contributed by atoms with Crippen LogP contribution in [-0.4, -0.2) is 24.1 Å². The average Bonchev–Trinajstić information content (AvgIpc) is 2.15. The molecule has 0 amide bonds. The largest absolute Gasteiger partial charge is 0.490 e. The van der Waals surface area contributed by atoms with E-state index in [9.17, 15) is 4.79 Å². The third-order valence-electron chi connectivity index (χ3n) is 2.09. The molecule has 1 rings (SSSR count). The Morgan fingerprint density at radius 2 is 1.93 bits per heavy atom. The van der Waals surface area contributed by atoms with Crippen LogP contribution in [0.2, 0.25) is 0 Å². The predicted octanol–water partition coefficient (Wildman–Crippen LogP) is 1.88. The number of hydrogen-bond acceptors (Lipinski definition) is 3. The summed E-state index contributed by atoms with van der Waals surface area (Å²) in [6, 6.07) is 3.55. The second-order valence-corrected chi connectivity index (χ2v) is 3.76. The zero-order valence-electron chi connectivity index (χ0n) is 9.28. The van der Waals surface area contributed by atoms with Gasteiger partial charge in [0, 0.05) is 5.56 Å². The molecule has 0 aliphatic heterocycles. The molecule has 0 saturated carbocycles. The van der Waals surface area contributed by atoms with Gasteiger partial charge in [0.2, 0.25) is 0 Å². The fourth-order valence-corrected chi connectivity index (χ4v) is 1.48. The molecule has 82 valence electrons. The molecule has 1 atom stereocenters. The molecule has 1 unspecified atom stereocenters. The van der Waals surface area contributed by atoms with Gasteiger partial charge in [0.25, 0.3) is 0 Å². The van der Waals surface area contributed by atoms with Crippen molar-refractivity contribution in [2.45, 2.75) is 26.9 Å². The number of aliphatic hydroxyl groups is 1. The molecule has 0 fully saturated rings. The highest BCUT2D eigenvalue weighted by Gasteiger charge is 2.07. The maximum atomic E-state index is 10.6. The van der Waals surface area contributed by atoms with Crippen molar-refractivity contribution in [2.24, 2.45) is 0 Å². The summed E-state index contributed by atoms with van der Waals surface area (Å²) in [7, 11) is 0. The number of aryl methyl sites for hydroxylation is 2. The Morgan fingerprint density at radius 3 is 2.33 bits per heavy atom. The number of rotatable bonds is 4. The minimum atomic E-state index is -0.491. The SMILES string of the molecule is Cc1cc(C=O)cc(C)c1OCC(C)O. The molecular weight excluding hydrogens is 192 g/mol. The normalized spacial score (nSPS) is 12.3. The maximum Gasteiger partial charge on any atom is 0.150 e. The number of carbonyl (C=O) groups excluding carboxylic acids is 1. The van der Waals surface area contributed by atoms with E-state index in [2.05, 4.69) is 0 Å². The lowest BCUT2D eigenvalue weighted by Crippen LogP contribution is -2.14. The second-order valence-electron chi connectivity index (χ2n) is 3.76. The smallest absolute Gasteiger partial charge is 0.150 e. The van der Waals surface area contributed by atoms with E-state index < -0.39 is 6.10 Å². The van der Waals surface area contributed by atoms with Gasteiger partial charge in [-0.2, -0.15) is 0 Å². The quantitative estimate of drug-likeness (QED) is 0.768. The van der Waals surface area contributed by atoms with Crippen LogP contribution in [0.3, 0.4) is 0 Å². The lowest BCUT2D eigenvalue weighted by molar-refractivity contribution is 0.112. The first kappa shape index (κ1) is 11.7. The zero-order valence-corrected chi connectivity index (χ0v) is 9.28. The third kappa shape index (κ3) is 3.06. The van der Waals surface area contributed by atoms with Crippen LogP contribution in [0.15, 0.2) is 12.1 Å². The van der Waals surface area contributed by atoms with Crippen LogP contribution in [0.5, 0.6) is 5.75 Å². The molecule has 3 heteroatoms. The summed E-state index contributed by atoms with van der Waals surface area (Å²) < 4.78 is 5.46. The molecule has 0 saturated heterocycles. The van der Waals surface area contributed by atoms with Crippen LogP contribution in [-0.2, 0) is 0 Å². The van der Waals surface area contributed by atoms with Crippen LogP contribution in [0.1, 0.15) is 28.4 Å². The molecule has 0 heterocycles. The van der Waals surface area contributed by atoms with Gasteiger partial charge in [-0.3, -0.25) is 4.79 Å². The van der Waals surface area contributed by atoms with Gasteiger partial charge >= 0.3 is 0 Å². The molecule has 0 bridgehead atoms. The minimum absolute atomic E-state index is 0.266. The predicted molar refractivity (Wildman–Crippen MR) is 58.5 cm³/mol. The van der Waals surface area contributed by atoms with Gasteiger partial charge in [0.1, 0.15) is 18.6 Å². The van der Waals surface area contributed by atoms with Crippen LogP contribution < -0.4 is 4.74 Å². The van der Waals surface area contributed by atoms with Crippen LogP contribution in [0, 0.1) is 13.8 Å². The molecule has 1 N–H and O–H groups in total. The summed E-state index contributed by atoms with van der Waals surface area (Å²) in [5.41, 5.74) is 2.48. The number of aliphatic hydroxyl groups excluding tert-OH is 1. The standard InChI is InChI=1S/C12H16O3/c1-8-4-11(6-13)5-9(2)12(8)15-7-10(3)14/h4-6,10,14H,7H2,1-3H3. The van der Waals surface area contributed by atoms with Crippen molar-refractivity contribution in [2.75, 3.05) is 6.61 Å². The third-order valence-corrected chi connectivity index (χ3v) is 2.09. The van der Waals surface area contributed by atoms with E-state index in [0.717, 1.165) is 23.2 Å². The molecule has 0 spiro atoms. The molecule has 0 aromatic heterocycles. The number of carbonyl (C=O) groups is 1. The van der Waals surface area contributed by atoms with Gasteiger partial charge < -0.3 is 9.84 Å². The summed E-state index contributed by atoms with van der Waals surface area (Å²) in [5.74, 6) is 0.751. The fourth-order valence-electron chi connectivity index (χ4n) is 1.48. The van der Waals surface area contributed by atoms with E-state index in [1.165, 1.54) is 0 Å².